The van der Waals surface area contributed by atoms with Crippen molar-refractivity contribution in [3.8, 4) is 0 Å². The highest BCUT2D eigenvalue weighted by atomic mass is 32.2. The normalized spacial score (nSPS) is 25.8. The maximum absolute atomic E-state index is 12.2. The standard InChI is InChI=1S/C14H29NO3S/c1-14(2,3)9-10-19(17,18)15(4)11-12-7-5-6-8-13(12)16/h12-13,16H,5-11H2,1-4H3. The van der Waals surface area contributed by atoms with Crippen molar-refractivity contribution in [2.24, 2.45) is 11.3 Å². The van der Waals surface area contributed by atoms with Crippen molar-refractivity contribution in [1.82, 2.24) is 4.31 Å². The molecule has 0 bridgehead atoms. The number of rotatable bonds is 5. The van der Waals surface area contributed by atoms with Crippen LogP contribution in [-0.2, 0) is 10.0 Å². The van der Waals surface area contributed by atoms with E-state index in [2.05, 4.69) is 0 Å². The maximum atomic E-state index is 12.2. The Labute approximate surface area is 118 Å². The van der Waals surface area contributed by atoms with Crippen LogP contribution in [0.15, 0.2) is 0 Å². The number of nitrogens with zero attached hydrogens (tertiary/aromatic N) is 1. The summed E-state index contributed by atoms with van der Waals surface area (Å²) in [7, 11) is -1.56. The molecule has 0 aromatic heterocycles. The van der Waals surface area contributed by atoms with Gasteiger partial charge in [-0.25, -0.2) is 12.7 Å². The Morgan fingerprint density at radius 3 is 2.32 bits per heavy atom. The third kappa shape index (κ3) is 5.79. The Morgan fingerprint density at radius 2 is 1.79 bits per heavy atom. The van der Waals surface area contributed by atoms with Gasteiger partial charge in [0, 0.05) is 13.6 Å². The van der Waals surface area contributed by atoms with Gasteiger partial charge in [-0.05, 0) is 30.6 Å². The first-order chi connectivity index (χ1) is 8.62. The van der Waals surface area contributed by atoms with Crippen molar-refractivity contribution in [2.45, 2.75) is 59.0 Å². The van der Waals surface area contributed by atoms with Crippen LogP contribution in [0.4, 0.5) is 0 Å². The summed E-state index contributed by atoms with van der Waals surface area (Å²) in [6.45, 7) is 6.60. The number of hydrogen-bond acceptors (Lipinski definition) is 3. The molecular weight excluding hydrogens is 262 g/mol. The minimum Gasteiger partial charge on any atom is -0.393 e. The first-order valence-electron chi connectivity index (χ1n) is 7.24. The average Bonchev–Trinajstić information content (AvgIpc) is 2.29. The lowest BCUT2D eigenvalue weighted by Crippen LogP contribution is -2.39. The predicted molar refractivity (Wildman–Crippen MR) is 78.5 cm³/mol. The highest BCUT2D eigenvalue weighted by molar-refractivity contribution is 7.89. The fourth-order valence-electron chi connectivity index (χ4n) is 2.44. The zero-order chi connectivity index (χ0) is 14.7. The van der Waals surface area contributed by atoms with Gasteiger partial charge in [0.05, 0.1) is 11.9 Å². The van der Waals surface area contributed by atoms with Crippen LogP contribution < -0.4 is 0 Å². The topological polar surface area (TPSA) is 57.6 Å². The van der Waals surface area contributed by atoms with E-state index in [1.54, 1.807) is 7.05 Å². The van der Waals surface area contributed by atoms with Gasteiger partial charge in [0.15, 0.2) is 0 Å². The summed E-state index contributed by atoms with van der Waals surface area (Å²) in [4.78, 5) is 0. The smallest absolute Gasteiger partial charge is 0.213 e. The number of aliphatic hydroxyl groups excluding tert-OH is 1. The van der Waals surface area contributed by atoms with Crippen LogP contribution in [0.25, 0.3) is 0 Å². The minimum absolute atomic E-state index is 0.0261. The fraction of sp³-hybridized carbons (Fsp3) is 1.00. The summed E-state index contributed by atoms with van der Waals surface area (Å²) < 4.78 is 25.8. The van der Waals surface area contributed by atoms with Gasteiger partial charge in [-0.1, -0.05) is 33.6 Å². The molecule has 0 radical (unpaired) electrons. The summed E-state index contributed by atoms with van der Waals surface area (Å²) in [5, 5.41) is 9.92. The van der Waals surface area contributed by atoms with E-state index in [4.69, 9.17) is 0 Å². The molecule has 1 aliphatic carbocycles. The predicted octanol–water partition coefficient (Wildman–Crippen LogP) is 2.24. The van der Waals surface area contributed by atoms with Gasteiger partial charge < -0.3 is 5.11 Å². The van der Waals surface area contributed by atoms with Gasteiger partial charge in [-0.3, -0.25) is 0 Å². The van der Waals surface area contributed by atoms with Crippen molar-refractivity contribution in [1.29, 1.82) is 0 Å². The van der Waals surface area contributed by atoms with Crippen LogP contribution in [0.2, 0.25) is 0 Å². The molecule has 0 amide bonds. The van der Waals surface area contributed by atoms with E-state index < -0.39 is 10.0 Å². The zero-order valence-electron chi connectivity index (χ0n) is 12.7. The third-order valence-corrected chi connectivity index (χ3v) is 5.76. The molecule has 0 heterocycles. The second-order valence-corrected chi connectivity index (χ2v) is 9.21. The van der Waals surface area contributed by atoms with Gasteiger partial charge in [-0.15, -0.1) is 0 Å². The van der Waals surface area contributed by atoms with E-state index in [0.29, 0.717) is 13.0 Å². The molecule has 0 aromatic rings. The lowest BCUT2D eigenvalue weighted by molar-refractivity contribution is 0.0620. The second kappa shape index (κ2) is 6.55. The van der Waals surface area contributed by atoms with Crippen LogP contribution in [0, 0.1) is 11.3 Å². The summed E-state index contributed by atoms with van der Waals surface area (Å²) in [6, 6.07) is 0. The molecule has 1 aliphatic rings. The molecule has 0 aromatic carbocycles. The molecular formula is C14H29NO3S. The van der Waals surface area contributed by atoms with Crippen LogP contribution in [-0.4, -0.2) is 43.3 Å². The Morgan fingerprint density at radius 1 is 1.21 bits per heavy atom. The Balaban J connectivity index is 2.53. The summed E-state index contributed by atoms with van der Waals surface area (Å²) in [5.74, 6) is 0.290. The van der Waals surface area contributed by atoms with Gasteiger partial charge >= 0.3 is 0 Å². The molecule has 1 rings (SSSR count). The van der Waals surface area contributed by atoms with E-state index in [0.717, 1.165) is 25.7 Å². The molecule has 5 heteroatoms. The molecule has 2 atom stereocenters. The second-order valence-electron chi connectivity index (χ2n) is 7.02. The van der Waals surface area contributed by atoms with Crippen molar-refractivity contribution in [3.63, 3.8) is 0 Å². The summed E-state index contributed by atoms with van der Waals surface area (Å²) >= 11 is 0. The first-order valence-corrected chi connectivity index (χ1v) is 8.85. The summed E-state index contributed by atoms with van der Waals surface area (Å²) in [6.07, 6.45) is 4.21. The van der Waals surface area contributed by atoms with E-state index in [1.165, 1.54) is 4.31 Å². The molecule has 0 spiro atoms. The average molecular weight is 291 g/mol. The Hall–Kier alpha value is -0.130. The maximum Gasteiger partial charge on any atom is 0.213 e. The van der Waals surface area contributed by atoms with Crippen molar-refractivity contribution in [2.75, 3.05) is 19.3 Å². The lowest BCUT2D eigenvalue weighted by Gasteiger charge is -2.31. The fourth-order valence-corrected chi connectivity index (χ4v) is 4.04. The molecule has 2 unspecified atom stereocenters. The summed E-state index contributed by atoms with van der Waals surface area (Å²) in [5.41, 5.74) is 0.0261. The quantitative estimate of drug-likeness (QED) is 0.845. The van der Waals surface area contributed by atoms with Crippen molar-refractivity contribution < 1.29 is 13.5 Å². The van der Waals surface area contributed by atoms with E-state index in [9.17, 15) is 13.5 Å². The zero-order valence-corrected chi connectivity index (χ0v) is 13.5. The number of hydrogen-bond donors (Lipinski definition) is 1. The number of aliphatic hydroxyl groups is 1. The number of sulfonamides is 1. The highest BCUT2D eigenvalue weighted by Gasteiger charge is 2.28. The van der Waals surface area contributed by atoms with Crippen LogP contribution in [0.1, 0.15) is 52.9 Å². The van der Waals surface area contributed by atoms with Crippen molar-refractivity contribution >= 4 is 10.0 Å². The van der Waals surface area contributed by atoms with Crippen LogP contribution >= 0.6 is 0 Å². The van der Waals surface area contributed by atoms with E-state index in [1.807, 2.05) is 20.8 Å². The molecule has 1 saturated carbocycles. The van der Waals surface area contributed by atoms with E-state index in [-0.39, 0.29) is 23.2 Å². The molecule has 0 saturated heterocycles. The van der Waals surface area contributed by atoms with Gasteiger partial charge in [0.25, 0.3) is 0 Å². The van der Waals surface area contributed by atoms with Gasteiger partial charge in [0.2, 0.25) is 10.0 Å². The molecule has 19 heavy (non-hydrogen) atoms. The molecule has 0 aliphatic heterocycles. The first kappa shape index (κ1) is 16.9. The Bertz CT molecular complexity index is 373. The van der Waals surface area contributed by atoms with Crippen LogP contribution in [0.5, 0.6) is 0 Å². The van der Waals surface area contributed by atoms with Crippen LogP contribution in [0.3, 0.4) is 0 Å². The van der Waals surface area contributed by atoms with E-state index >= 15 is 0 Å². The molecule has 1 N–H and O–H groups in total. The SMILES string of the molecule is CN(CC1CCCCC1O)S(=O)(=O)CCC(C)(C)C. The van der Waals surface area contributed by atoms with Gasteiger partial charge in [0.1, 0.15) is 0 Å². The third-order valence-electron chi connectivity index (χ3n) is 3.95. The molecule has 4 nitrogen and oxygen atoms in total. The highest BCUT2D eigenvalue weighted by Crippen LogP contribution is 2.26. The monoisotopic (exact) mass is 291 g/mol. The largest absolute Gasteiger partial charge is 0.393 e. The molecule has 114 valence electrons. The minimum atomic E-state index is -3.19. The lowest BCUT2D eigenvalue weighted by atomic mass is 9.86. The molecule has 1 fully saturated rings. The Kier molecular flexibility index (Phi) is 5.83. The van der Waals surface area contributed by atoms with Gasteiger partial charge in [-0.2, -0.15) is 0 Å². The van der Waals surface area contributed by atoms with Crippen molar-refractivity contribution in [3.05, 3.63) is 0 Å².